The van der Waals surface area contributed by atoms with Crippen LogP contribution in [0.15, 0.2) is 47.5 Å². The van der Waals surface area contributed by atoms with Crippen LogP contribution in [-0.2, 0) is 24.2 Å². The van der Waals surface area contributed by atoms with Gasteiger partial charge in [0.2, 0.25) is 5.91 Å². The maximum absolute atomic E-state index is 12.1. The first kappa shape index (κ1) is 21.6. The van der Waals surface area contributed by atoms with Crippen molar-refractivity contribution >= 4 is 46.5 Å². The molecule has 1 aromatic carbocycles. The van der Waals surface area contributed by atoms with Crippen LogP contribution in [0.3, 0.4) is 0 Å². The molecule has 0 aliphatic heterocycles. The predicted molar refractivity (Wildman–Crippen MR) is 122 cm³/mol. The summed E-state index contributed by atoms with van der Waals surface area (Å²) >= 11 is 14.2. The van der Waals surface area contributed by atoms with E-state index in [2.05, 4.69) is 16.5 Å². The van der Waals surface area contributed by atoms with Crippen LogP contribution in [0.2, 0.25) is 10.0 Å². The summed E-state index contributed by atoms with van der Waals surface area (Å²) in [5.74, 6) is 0.524. The molecule has 2 aromatic heterocycles. The van der Waals surface area contributed by atoms with Crippen LogP contribution in [0.4, 0.5) is 0 Å². The summed E-state index contributed by atoms with van der Waals surface area (Å²) in [6, 6.07) is 9.57. The first-order valence-electron chi connectivity index (χ1n) is 9.49. The summed E-state index contributed by atoms with van der Waals surface area (Å²) in [5, 5.41) is 3.04. The van der Waals surface area contributed by atoms with Crippen LogP contribution < -0.4 is 5.73 Å². The molecule has 0 fully saturated rings. The lowest BCUT2D eigenvalue weighted by molar-refractivity contribution is -0.114. The Hall–Kier alpha value is -2.08. The molecule has 4 nitrogen and oxygen atoms in total. The predicted octanol–water partition coefficient (Wildman–Crippen LogP) is 5.75. The average Bonchev–Trinajstić information content (AvgIpc) is 3.34. The van der Waals surface area contributed by atoms with Crippen molar-refractivity contribution in [3.63, 3.8) is 0 Å². The number of thiophene rings is 1. The lowest BCUT2D eigenvalue weighted by Crippen LogP contribution is -2.16. The molecule has 0 saturated heterocycles. The summed E-state index contributed by atoms with van der Waals surface area (Å²) < 4.78 is 2.09. The van der Waals surface area contributed by atoms with E-state index in [0.717, 1.165) is 41.2 Å². The number of carbonyl (C=O) groups excluding carboxylic acids is 1. The van der Waals surface area contributed by atoms with Gasteiger partial charge in [0.1, 0.15) is 5.82 Å². The third kappa shape index (κ3) is 5.50. The van der Waals surface area contributed by atoms with E-state index in [1.807, 2.05) is 35.7 Å². The lowest BCUT2D eigenvalue weighted by Gasteiger charge is -2.13. The number of primary amides is 1. The van der Waals surface area contributed by atoms with Crippen molar-refractivity contribution in [2.75, 3.05) is 0 Å². The van der Waals surface area contributed by atoms with Gasteiger partial charge in [-0.2, -0.15) is 0 Å². The number of imidazole rings is 1. The molecule has 3 rings (SSSR count). The van der Waals surface area contributed by atoms with E-state index in [1.165, 1.54) is 0 Å². The van der Waals surface area contributed by atoms with E-state index < -0.39 is 5.91 Å². The highest BCUT2D eigenvalue weighted by atomic mass is 35.5. The van der Waals surface area contributed by atoms with Crippen molar-refractivity contribution in [3.8, 4) is 0 Å². The smallest absolute Gasteiger partial charge is 0.245 e. The van der Waals surface area contributed by atoms with Gasteiger partial charge in [-0.15, -0.1) is 11.3 Å². The van der Waals surface area contributed by atoms with Gasteiger partial charge >= 0.3 is 0 Å². The molecule has 0 radical (unpaired) electrons. The number of unbranched alkanes of at least 4 members (excludes halogenated alkanes) is 1. The van der Waals surface area contributed by atoms with E-state index in [-0.39, 0.29) is 0 Å². The van der Waals surface area contributed by atoms with Gasteiger partial charge < -0.3 is 10.3 Å². The van der Waals surface area contributed by atoms with Gasteiger partial charge in [0, 0.05) is 23.3 Å². The van der Waals surface area contributed by atoms with Crippen molar-refractivity contribution in [1.29, 1.82) is 0 Å². The fourth-order valence-electron chi connectivity index (χ4n) is 3.09. The van der Waals surface area contributed by atoms with E-state index >= 15 is 0 Å². The molecule has 7 heteroatoms. The molecule has 2 heterocycles. The molecular formula is C22H23Cl2N3OS. The summed E-state index contributed by atoms with van der Waals surface area (Å²) in [6.45, 7) is 2.67. The molecule has 29 heavy (non-hydrogen) atoms. The molecule has 0 aliphatic carbocycles. The van der Waals surface area contributed by atoms with Crippen molar-refractivity contribution in [2.24, 2.45) is 5.73 Å². The molecule has 152 valence electrons. The van der Waals surface area contributed by atoms with Gasteiger partial charge in [0.05, 0.1) is 28.5 Å². The molecule has 0 unspecified atom stereocenters. The number of nitrogens with zero attached hydrogens (tertiary/aromatic N) is 2. The molecule has 0 atom stereocenters. The Morgan fingerprint density at radius 3 is 2.79 bits per heavy atom. The number of hydrogen-bond donors (Lipinski definition) is 1. The number of benzene rings is 1. The molecule has 2 N–H and O–H groups in total. The van der Waals surface area contributed by atoms with Gasteiger partial charge in [-0.3, -0.25) is 4.79 Å². The number of halogens is 2. The number of amides is 1. The Kier molecular flexibility index (Phi) is 7.53. The van der Waals surface area contributed by atoms with E-state index in [1.54, 1.807) is 23.6 Å². The SMILES string of the molecule is CCCCc1ncc(/C=C(\Cc2cccs2)C(N)=O)n1Cc1cccc(Cl)c1Cl. The van der Waals surface area contributed by atoms with Crippen LogP contribution in [0.1, 0.15) is 41.7 Å². The number of hydrogen-bond acceptors (Lipinski definition) is 3. The summed E-state index contributed by atoms with van der Waals surface area (Å²) in [5.41, 5.74) is 7.95. The van der Waals surface area contributed by atoms with Crippen molar-refractivity contribution in [1.82, 2.24) is 9.55 Å². The third-order valence-corrected chi connectivity index (χ3v) is 6.40. The first-order chi connectivity index (χ1) is 14.0. The topological polar surface area (TPSA) is 60.9 Å². The van der Waals surface area contributed by atoms with Crippen molar-refractivity contribution in [2.45, 2.75) is 39.2 Å². The molecular weight excluding hydrogens is 425 g/mol. The zero-order valence-electron chi connectivity index (χ0n) is 16.2. The van der Waals surface area contributed by atoms with Crippen molar-refractivity contribution < 1.29 is 4.79 Å². The molecule has 1 amide bonds. The van der Waals surface area contributed by atoms with Crippen molar-refractivity contribution in [3.05, 3.63) is 79.5 Å². The van der Waals surface area contributed by atoms with Crippen LogP contribution >= 0.6 is 34.5 Å². The van der Waals surface area contributed by atoms with Crippen LogP contribution in [-0.4, -0.2) is 15.5 Å². The third-order valence-electron chi connectivity index (χ3n) is 4.67. The Morgan fingerprint density at radius 2 is 2.10 bits per heavy atom. The first-order valence-corrected chi connectivity index (χ1v) is 11.1. The minimum atomic E-state index is -0.429. The van der Waals surface area contributed by atoms with Gasteiger partial charge in [-0.05, 0) is 35.6 Å². The Morgan fingerprint density at radius 1 is 1.28 bits per heavy atom. The van der Waals surface area contributed by atoms with Gasteiger partial charge in [0.15, 0.2) is 0 Å². The second-order valence-electron chi connectivity index (χ2n) is 6.79. The normalized spacial score (nSPS) is 11.8. The summed E-state index contributed by atoms with van der Waals surface area (Å²) in [7, 11) is 0. The highest BCUT2D eigenvalue weighted by molar-refractivity contribution is 7.09. The summed E-state index contributed by atoms with van der Waals surface area (Å²) in [6.07, 6.45) is 7.08. The highest BCUT2D eigenvalue weighted by Crippen LogP contribution is 2.27. The van der Waals surface area contributed by atoms with E-state index in [4.69, 9.17) is 28.9 Å². The molecule has 3 aromatic rings. The van der Waals surface area contributed by atoms with Crippen LogP contribution in [0.25, 0.3) is 6.08 Å². The van der Waals surface area contributed by atoms with E-state index in [0.29, 0.717) is 28.6 Å². The zero-order chi connectivity index (χ0) is 20.8. The molecule has 0 bridgehead atoms. The second-order valence-corrected chi connectivity index (χ2v) is 8.61. The number of aromatic nitrogens is 2. The number of nitrogens with two attached hydrogens (primary N) is 1. The molecule has 0 aliphatic rings. The van der Waals surface area contributed by atoms with Gasteiger partial charge in [-0.25, -0.2) is 4.98 Å². The largest absolute Gasteiger partial charge is 0.366 e. The highest BCUT2D eigenvalue weighted by Gasteiger charge is 2.14. The van der Waals surface area contributed by atoms with Gasteiger partial charge in [0.25, 0.3) is 0 Å². The maximum atomic E-state index is 12.1. The maximum Gasteiger partial charge on any atom is 0.245 e. The monoisotopic (exact) mass is 447 g/mol. The number of carbonyl (C=O) groups is 1. The van der Waals surface area contributed by atoms with Gasteiger partial charge in [-0.1, -0.05) is 54.7 Å². The minimum Gasteiger partial charge on any atom is -0.366 e. The number of aryl methyl sites for hydroxylation is 1. The fourth-order valence-corrected chi connectivity index (χ4v) is 4.20. The quantitative estimate of drug-likeness (QED) is 0.424. The fraction of sp³-hybridized carbons (Fsp3) is 0.273. The van der Waals surface area contributed by atoms with Crippen LogP contribution in [0, 0.1) is 0 Å². The average molecular weight is 448 g/mol. The Labute approximate surface area is 185 Å². The Balaban J connectivity index is 2.00. The Bertz CT molecular complexity index is 1010. The standard InChI is InChI=1S/C22H23Cl2N3OS/c1-2-3-9-20-26-13-17(11-16(22(25)28)12-18-7-5-10-29-18)27(20)14-15-6-4-8-19(23)21(15)24/h4-8,10-11,13H,2-3,9,12,14H2,1H3,(H2,25,28)/b16-11+. The number of rotatable bonds is 9. The zero-order valence-corrected chi connectivity index (χ0v) is 18.5. The van der Waals surface area contributed by atoms with E-state index in [9.17, 15) is 4.79 Å². The summed E-state index contributed by atoms with van der Waals surface area (Å²) in [4.78, 5) is 17.8. The second kappa shape index (κ2) is 10.1. The minimum absolute atomic E-state index is 0.429. The lowest BCUT2D eigenvalue weighted by atomic mass is 10.1. The molecule has 0 spiro atoms. The molecule has 0 saturated carbocycles. The van der Waals surface area contributed by atoms with Crippen LogP contribution in [0.5, 0.6) is 0 Å².